The maximum atomic E-state index is 14.2. The number of esters is 1. The topological polar surface area (TPSA) is 76.0 Å². The summed E-state index contributed by atoms with van der Waals surface area (Å²) >= 11 is 0. The van der Waals surface area contributed by atoms with Crippen molar-refractivity contribution in [2.24, 2.45) is 0 Å². The van der Waals surface area contributed by atoms with Gasteiger partial charge in [0.15, 0.2) is 0 Å². The van der Waals surface area contributed by atoms with Crippen molar-refractivity contribution in [3.8, 4) is 28.0 Å². The first-order valence-corrected chi connectivity index (χ1v) is 29.1. The molecule has 0 saturated carbocycles. The first-order valence-electron chi connectivity index (χ1n) is 27.9. The normalized spacial score (nSPS) is 13.6. The fourth-order valence-electron chi connectivity index (χ4n) is 10.8. The molecule has 0 unspecified atom stereocenters. The average Bonchev–Trinajstić information content (AvgIpc) is 3.20. The Hall–Kier alpha value is -2.72. The summed E-state index contributed by atoms with van der Waals surface area (Å²) in [7, 11) is -2.78. The second-order valence-corrected chi connectivity index (χ2v) is 28.2. The van der Waals surface area contributed by atoms with E-state index in [4.69, 9.17) is 9.26 Å². The van der Waals surface area contributed by atoms with Crippen molar-refractivity contribution in [2.45, 2.75) is 286 Å². The molecule has 1 aliphatic carbocycles. The number of carbonyl (C=O) groups is 1. The summed E-state index contributed by atoms with van der Waals surface area (Å²) in [5.41, 5.74) is 13.3. The fourth-order valence-corrected chi connectivity index (χ4v) is 11.2. The van der Waals surface area contributed by atoms with E-state index in [0.29, 0.717) is 18.8 Å². The minimum absolute atomic E-state index is 0.116. The molecule has 5 nitrogen and oxygen atoms in total. The van der Waals surface area contributed by atoms with Crippen LogP contribution in [0.15, 0.2) is 24.3 Å². The average molecular weight is 983 g/mol. The SMILES string of the molecule is CCCCCCCCCCCCCCCCCCOC(=O)CCc1c2c(C(C)(C)C)c(OP(O)O)c(C(C)(C)C)c1-c1c(cc(C(C)(C)C)cc1C(C)(C)C)Cc1cc(C(C)(C)C)cc(C(C)(C)C)c1-2. The number of rotatable bonds is 22. The summed E-state index contributed by atoms with van der Waals surface area (Å²) in [5.74, 6) is 0.382. The molecule has 0 aromatic heterocycles. The van der Waals surface area contributed by atoms with Gasteiger partial charge in [-0.2, -0.15) is 0 Å². The third-order valence-corrected chi connectivity index (χ3v) is 15.1. The number of hydrogen-bond donors (Lipinski definition) is 2. The Kier molecular flexibility index (Phi) is 21.0. The monoisotopic (exact) mass is 983 g/mol. The Labute approximate surface area is 431 Å². The zero-order valence-corrected chi connectivity index (χ0v) is 49.4. The van der Waals surface area contributed by atoms with Crippen molar-refractivity contribution in [1.29, 1.82) is 0 Å². The first-order chi connectivity index (χ1) is 32.3. The summed E-state index contributed by atoms with van der Waals surface area (Å²) < 4.78 is 12.6. The predicted octanol–water partition coefficient (Wildman–Crippen LogP) is 19.0. The maximum absolute atomic E-state index is 14.2. The van der Waals surface area contributed by atoms with E-state index in [1.807, 2.05) is 0 Å². The minimum atomic E-state index is -2.78. The molecular formula is C64H103O5P. The van der Waals surface area contributed by atoms with Gasteiger partial charge in [-0.15, -0.1) is 0 Å². The Morgan fingerprint density at radius 1 is 0.486 bits per heavy atom. The molecule has 394 valence electrons. The molecule has 3 aromatic carbocycles. The zero-order chi connectivity index (χ0) is 52.6. The fraction of sp³-hybridized carbons (Fsp3) is 0.703. The van der Waals surface area contributed by atoms with E-state index in [0.717, 1.165) is 47.1 Å². The second kappa shape index (κ2) is 24.5. The van der Waals surface area contributed by atoms with E-state index in [2.05, 4.69) is 156 Å². The van der Waals surface area contributed by atoms with Gasteiger partial charge in [0.25, 0.3) is 0 Å². The van der Waals surface area contributed by atoms with E-state index in [9.17, 15) is 14.6 Å². The van der Waals surface area contributed by atoms with Crippen molar-refractivity contribution in [3.63, 3.8) is 0 Å². The molecule has 6 heteroatoms. The smallest absolute Gasteiger partial charge is 0.391 e. The summed E-state index contributed by atoms with van der Waals surface area (Å²) in [4.78, 5) is 36.2. The van der Waals surface area contributed by atoms with Gasteiger partial charge in [0.05, 0.1) is 6.61 Å². The van der Waals surface area contributed by atoms with Crippen LogP contribution < -0.4 is 4.52 Å². The van der Waals surface area contributed by atoms with E-state index < -0.39 is 19.4 Å². The summed E-state index contributed by atoms with van der Waals surface area (Å²) in [6, 6.07) is 9.76. The van der Waals surface area contributed by atoms with Crippen LogP contribution in [0.1, 0.15) is 291 Å². The lowest BCUT2D eigenvalue weighted by atomic mass is 9.63. The van der Waals surface area contributed by atoms with Crippen LogP contribution in [0.3, 0.4) is 0 Å². The van der Waals surface area contributed by atoms with Crippen molar-refractivity contribution in [1.82, 2.24) is 0 Å². The molecule has 0 spiro atoms. The lowest BCUT2D eigenvalue weighted by Crippen LogP contribution is -2.27. The van der Waals surface area contributed by atoms with E-state index in [-0.39, 0.29) is 34.1 Å². The molecule has 3 aromatic rings. The Morgan fingerprint density at radius 2 is 0.843 bits per heavy atom. The first kappa shape index (κ1) is 59.8. The van der Waals surface area contributed by atoms with Crippen LogP contribution in [-0.2, 0) is 54.9 Å². The summed E-state index contributed by atoms with van der Waals surface area (Å²) in [6.45, 7) is 43.7. The highest BCUT2D eigenvalue weighted by Crippen LogP contribution is 2.59. The molecule has 2 N–H and O–H groups in total. The van der Waals surface area contributed by atoms with Crippen molar-refractivity contribution in [3.05, 3.63) is 74.3 Å². The van der Waals surface area contributed by atoms with Crippen molar-refractivity contribution < 1.29 is 23.8 Å². The molecule has 1 aliphatic rings. The number of benzene rings is 3. The van der Waals surface area contributed by atoms with Gasteiger partial charge in [-0.25, -0.2) is 0 Å². The highest BCUT2D eigenvalue weighted by Gasteiger charge is 2.42. The van der Waals surface area contributed by atoms with Gasteiger partial charge in [0, 0.05) is 17.5 Å². The van der Waals surface area contributed by atoms with Gasteiger partial charge in [-0.05, 0) is 113 Å². The highest BCUT2D eigenvalue weighted by atomic mass is 31.2. The van der Waals surface area contributed by atoms with Crippen molar-refractivity contribution >= 4 is 14.6 Å². The van der Waals surface area contributed by atoms with Crippen molar-refractivity contribution in [2.75, 3.05) is 6.61 Å². The van der Waals surface area contributed by atoms with Crippen LogP contribution in [0.2, 0.25) is 0 Å². The number of fused-ring (bicyclic) bond motifs is 6. The molecule has 4 rings (SSSR count). The summed E-state index contributed by atoms with van der Waals surface area (Å²) in [6.07, 6.45) is 22.3. The molecular weight excluding hydrogens is 880 g/mol. The molecule has 0 radical (unpaired) electrons. The third kappa shape index (κ3) is 16.1. The number of hydrogen-bond acceptors (Lipinski definition) is 5. The van der Waals surface area contributed by atoms with E-state index >= 15 is 0 Å². The molecule has 70 heavy (non-hydrogen) atoms. The molecule has 2 bridgehead atoms. The molecule has 0 heterocycles. The molecule has 0 atom stereocenters. The zero-order valence-electron chi connectivity index (χ0n) is 48.5. The lowest BCUT2D eigenvalue weighted by Gasteiger charge is -2.41. The Bertz CT molecular complexity index is 2060. The second-order valence-electron chi connectivity index (χ2n) is 27.5. The van der Waals surface area contributed by atoms with Crippen LogP contribution in [0.25, 0.3) is 22.3 Å². The van der Waals surface area contributed by atoms with Gasteiger partial charge < -0.3 is 19.0 Å². The van der Waals surface area contributed by atoms with Gasteiger partial charge in [-0.3, -0.25) is 4.79 Å². The van der Waals surface area contributed by atoms with Crippen LogP contribution >= 0.6 is 8.60 Å². The molecule has 0 aliphatic heterocycles. The number of carbonyl (C=O) groups excluding carboxylic acids is 1. The van der Waals surface area contributed by atoms with Crippen LogP contribution in [0, 0.1) is 0 Å². The van der Waals surface area contributed by atoms with Crippen LogP contribution in [0.5, 0.6) is 5.75 Å². The quantitative estimate of drug-likeness (QED) is 0.0466. The Balaban J connectivity index is 1.85. The third-order valence-electron chi connectivity index (χ3n) is 14.7. The van der Waals surface area contributed by atoms with E-state index in [1.54, 1.807) is 0 Å². The van der Waals surface area contributed by atoms with Gasteiger partial charge in [-0.1, -0.05) is 252 Å². The molecule has 0 fully saturated rings. The predicted molar refractivity (Wildman–Crippen MR) is 303 cm³/mol. The molecule has 0 saturated heterocycles. The minimum Gasteiger partial charge on any atom is -0.466 e. The van der Waals surface area contributed by atoms with Crippen LogP contribution in [0.4, 0.5) is 0 Å². The Morgan fingerprint density at radius 3 is 1.16 bits per heavy atom. The van der Waals surface area contributed by atoms with E-state index in [1.165, 1.54) is 134 Å². The van der Waals surface area contributed by atoms with Gasteiger partial charge in [0.1, 0.15) is 5.75 Å². The summed E-state index contributed by atoms with van der Waals surface area (Å²) in [5, 5.41) is 0. The lowest BCUT2D eigenvalue weighted by molar-refractivity contribution is -0.143. The molecule has 0 amide bonds. The van der Waals surface area contributed by atoms with Crippen LogP contribution in [-0.4, -0.2) is 22.4 Å². The highest BCUT2D eigenvalue weighted by molar-refractivity contribution is 7.39. The standard InChI is InChI=1S/C64H103O5P/c1-20-21-22-23-24-25-26-27-28-29-30-31-32-33-34-35-38-68-51(65)37-36-48-54-52-44(40-46(59(2,3)4)42-49(52)61(8,9)10)39-45-41-47(60(5,6)7)43-50(62(11,12)13)53(45)55(48)57(64(17,18)19)58(69-70(66)67)56(54)63(14,15)16/h40-43,66-67H,20-39H2,1-19H3. The van der Waals surface area contributed by atoms with Gasteiger partial charge >= 0.3 is 14.6 Å². The number of ether oxygens (including phenoxy) is 1. The number of unbranched alkanes of at least 4 members (excludes halogenated alkanes) is 15. The van der Waals surface area contributed by atoms with Gasteiger partial charge in [0.2, 0.25) is 0 Å². The largest absolute Gasteiger partial charge is 0.466 e. The maximum Gasteiger partial charge on any atom is 0.391 e.